The molecular weight excluding hydrogens is 817 g/mol. The maximum absolute atomic E-state index is 15.4. The van der Waals surface area contributed by atoms with Crippen molar-refractivity contribution < 1.29 is 48.4 Å². The van der Waals surface area contributed by atoms with E-state index in [9.17, 15) is 26.4 Å². The smallest absolute Gasteiger partial charge is 0.259 e. The van der Waals surface area contributed by atoms with Gasteiger partial charge in [-0.25, -0.2) is 34.4 Å². The fraction of sp³-hybridized carbons (Fsp3) is 0.270. The van der Waals surface area contributed by atoms with Crippen LogP contribution >= 0.6 is 24.4 Å². The number of nitrogens with one attached hydrogen (secondary N) is 1. The van der Waals surface area contributed by atoms with Crippen LogP contribution < -0.4 is 14.4 Å². The minimum absolute atomic E-state index is 0.0268. The summed E-state index contributed by atoms with van der Waals surface area (Å²) in [4.78, 5) is 27.2. The van der Waals surface area contributed by atoms with Crippen LogP contribution in [0.15, 0.2) is 84.8 Å². The van der Waals surface area contributed by atoms with Gasteiger partial charge in [0.15, 0.2) is 28.2 Å². The van der Waals surface area contributed by atoms with Crippen LogP contribution in [0, 0.1) is 23.3 Å². The quantitative estimate of drug-likeness (QED) is 0.0346. The van der Waals surface area contributed by atoms with Gasteiger partial charge in [0.25, 0.3) is 20.0 Å². The second kappa shape index (κ2) is 16.2. The minimum Gasteiger partial charge on any atom is -0.456 e. The van der Waals surface area contributed by atoms with Gasteiger partial charge >= 0.3 is 0 Å². The molecule has 1 N–H and O–H groups in total. The van der Waals surface area contributed by atoms with E-state index in [1.165, 1.54) is 22.3 Å². The number of likely N-dealkylation sites (tertiary alicyclic amines) is 1. The van der Waals surface area contributed by atoms with E-state index < -0.39 is 80.8 Å². The number of thiol groups is 1. The number of anilines is 1. The van der Waals surface area contributed by atoms with Gasteiger partial charge in [-0.05, 0) is 51.1 Å². The van der Waals surface area contributed by atoms with E-state index in [4.69, 9.17) is 4.42 Å². The van der Waals surface area contributed by atoms with E-state index in [2.05, 4.69) is 22.5 Å². The molecule has 0 bridgehead atoms. The first-order valence-corrected chi connectivity index (χ1v) is 21.7. The lowest BCUT2D eigenvalue weighted by molar-refractivity contribution is -0.137. The maximum atomic E-state index is 15.4. The van der Waals surface area contributed by atoms with Crippen molar-refractivity contribution in [1.29, 1.82) is 0 Å². The molecule has 1 fully saturated rings. The molecule has 0 spiro atoms. The van der Waals surface area contributed by atoms with Crippen LogP contribution in [-0.2, 0) is 29.6 Å². The summed E-state index contributed by atoms with van der Waals surface area (Å²) >= 11 is 4.16. The molecule has 0 saturated carbocycles. The number of carbonyl (C=O) groups is 2. The summed E-state index contributed by atoms with van der Waals surface area (Å²) in [5.41, 5.74) is 1.88. The number of rotatable bonds is 13. The van der Waals surface area contributed by atoms with Gasteiger partial charge in [0, 0.05) is 78.2 Å². The van der Waals surface area contributed by atoms with Crippen molar-refractivity contribution in [3.8, 4) is 22.5 Å². The average molecular weight is 851 g/mol. The first-order valence-electron chi connectivity index (χ1n) is 17.2. The second-order valence-electron chi connectivity index (χ2n) is 12.4. The van der Waals surface area contributed by atoms with Crippen LogP contribution in [0.1, 0.15) is 27.2 Å². The number of halogens is 4. The number of hydrogen-bond donors (Lipinski definition) is 2. The van der Waals surface area contributed by atoms with Crippen LogP contribution in [-0.4, -0.2) is 70.7 Å². The molecule has 2 heterocycles. The number of carbonyl (C=O) groups excluding carboxylic acids is 2. The topological polar surface area (TPSA) is 146 Å². The van der Waals surface area contributed by atoms with E-state index in [1.54, 1.807) is 30.3 Å². The molecule has 296 valence electrons. The van der Waals surface area contributed by atoms with Crippen molar-refractivity contribution in [3.63, 3.8) is 0 Å². The third-order valence-corrected chi connectivity index (χ3v) is 14.1. The number of amides is 2. The predicted molar refractivity (Wildman–Crippen MR) is 207 cm³/mol. The molecule has 2 amide bonds. The highest BCUT2D eigenvalue weighted by molar-refractivity contribution is 8.04. The summed E-state index contributed by atoms with van der Waals surface area (Å²) in [5.74, 6) is -10.4. The monoisotopic (exact) mass is 850 g/mol. The van der Waals surface area contributed by atoms with Crippen LogP contribution in [0.3, 0.4) is 0 Å². The molecule has 19 heteroatoms. The Hall–Kier alpha value is -4.43. The molecule has 56 heavy (non-hydrogen) atoms. The SMILES string of the molecule is CC/N=c1\ccc2c(-c3ccccc3S(=O)(=O)NS(=O)(=O)c3c(F)c(F)c(SCCN4C(=O)CC(S)C4=O)c(F)c3F)c3ccc(N(CC)CC)cc3oc-2c1. The van der Waals surface area contributed by atoms with Gasteiger partial charge in [0.1, 0.15) is 11.3 Å². The Morgan fingerprint density at radius 3 is 2.20 bits per heavy atom. The molecule has 0 aromatic heterocycles. The lowest BCUT2D eigenvalue weighted by Crippen LogP contribution is -2.33. The van der Waals surface area contributed by atoms with Crippen molar-refractivity contribution in [1.82, 2.24) is 9.03 Å². The third kappa shape index (κ3) is 7.66. The lowest BCUT2D eigenvalue weighted by atomic mass is 9.93. The molecule has 3 aliphatic rings. The zero-order chi connectivity index (χ0) is 40.7. The van der Waals surface area contributed by atoms with E-state index in [-0.39, 0.29) is 30.3 Å². The number of imide groups is 1. The fourth-order valence-corrected chi connectivity index (χ4v) is 10.9. The zero-order valence-corrected chi connectivity index (χ0v) is 33.3. The molecular formula is C37H34F4N4O7S4. The van der Waals surface area contributed by atoms with E-state index in [1.807, 2.05) is 26.8 Å². The summed E-state index contributed by atoms with van der Waals surface area (Å²) in [7, 11) is -11.2. The number of sulfonamides is 2. The number of nitrogens with zero attached hydrogens (tertiary/aromatic N) is 3. The molecule has 6 rings (SSSR count). The Morgan fingerprint density at radius 2 is 1.57 bits per heavy atom. The Kier molecular flexibility index (Phi) is 11.9. The Balaban J connectivity index is 1.41. The molecule has 0 radical (unpaired) electrons. The zero-order valence-electron chi connectivity index (χ0n) is 30.0. The van der Waals surface area contributed by atoms with Crippen molar-refractivity contribution >= 4 is 72.9 Å². The van der Waals surface area contributed by atoms with Crippen LogP contribution in [0.4, 0.5) is 23.2 Å². The molecule has 1 atom stereocenters. The maximum Gasteiger partial charge on any atom is 0.259 e. The van der Waals surface area contributed by atoms with Gasteiger partial charge in [-0.2, -0.15) is 12.6 Å². The standard InChI is InChI=1S/C37H34F4N4O7S4/c1-4-42-20-11-13-22-25(17-20)52-26-18-21(44(5-2)6-3)12-14-23(26)30(22)24-9-7-8-10-28(24)55(48,49)43-56(50,51)36-33(40)31(38)35(32(39)34(36)41)54-16-15-45-29(46)19-27(53)37(45)47/h7-14,17-18,27,43,53H,4-6,15-16,19H2,1-3H3/b42-20+. The number of hydrogen-bond acceptors (Lipinski definition) is 11. The van der Waals surface area contributed by atoms with Gasteiger partial charge in [0.2, 0.25) is 11.8 Å². The number of benzene rings is 4. The fourth-order valence-electron chi connectivity index (χ4n) is 6.46. The summed E-state index contributed by atoms with van der Waals surface area (Å²) in [6.45, 7) is 7.26. The molecule has 2 aliphatic heterocycles. The highest BCUT2D eigenvalue weighted by atomic mass is 32.3. The summed E-state index contributed by atoms with van der Waals surface area (Å²) in [5, 5.41) is 0.121. The summed E-state index contributed by atoms with van der Waals surface area (Å²) in [6, 6.07) is 15.6. The van der Waals surface area contributed by atoms with Gasteiger partial charge in [0.05, 0.1) is 20.4 Å². The highest BCUT2D eigenvalue weighted by Gasteiger charge is 2.39. The van der Waals surface area contributed by atoms with Gasteiger partial charge in [-0.3, -0.25) is 19.5 Å². The van der Waals surface area contributed by atoms with Gasteiger partial charge in [-0.15, -0.1) is 15.9 Å². The van der Waals surface area contributed by atoms with Crippen LogP contribution in [0.2, 0.25) is 0 Å². The minimum atomic E-state index is -5.88. The van der Waals surface area contributed by atoms with Crippen LogP contribution in [0.5, 0.6) is 0 Å². The van der Waals surface area contributed by atoms with E-state index in [0.29, 0.717) is 52.8 Å². The number of fused-ring (bicyclic) bond motifs is 2. The molecule has 11 nitrogen and oxygen atoms in total. The first kappa shape index (κ1) is 41.2. The van der Waals surface area contributed by atoms with Crippen molar-refractivity contribution in [2.75, 3.05) is 36.8 Å². The molecule has 1 unspecified atom stereocenters. The number of thioether (sulfide) groups is 1. The van der Waals surface area contributed by atoms with Crippen molar-refractivity contribution in [3.05, 3.63) is 89.3 Å². The van der Waals surface area contributed by atoms with E-state index >= 15 is 17.6 Å². The average Bonchev–Trinajstić information content (AvgIpc) is 3.40. The lowest BCUT2D eigenvalue weighted by Gasteiger charge is -2.23. The normalized spacial score (nSPS) is 15.5. The molecule has 3 aromatic rings. The Bertz CT molecular complexity index is 2620. The van der Waals surface area contributed by atoms with Crippen LogP contribution in [0.25, 0.3) is 33.4 Å². The largest absolute Gasteiger partial charge is 0.456 e. The van der Waals surface area contributed by atoms with Gasteiger partial charge in [-0.1, -0.05) is 18.2 Å². The second-order valence-corrected chi connectivity index (χ2v) is 17.7. The van der Waals surface area contributed by atoms with Crippen molar-refractivity contribution in [2.45, 2.75) is 47.1 Å². The third-order valence-electron chi connectivity index (χ3n) is 9.06. The van der Waals surface area contributed by atoms with E-state index in [0.717, 1.165) is 16.7 Å². The highest BCUT2D eigenvalue weighted by Crippen LogP contribution is 2.43. The molecule has 3 aromatic carbocycles. The van der Waals surface area contributed by atoms with Crippen molar-refractivity contribution in [2.24, 2.45) is 4.99 Å². The molecule has 1 aliphatic carbocycles. The molecule has 1 saturated heterocycles. The van der Waals surface area contributed by atoms with Gasteiger partial charge < -0.3 is 9.32 Å². The first-order chi connectivity index (χ1) is 26.5. The predicted octanol–water partition coefficient (Wildman–Crippen LogP) is 6.34. The summed E-state index contributed by atoms with van der Waals surface area (Å²) in [6.07, 6.45) is -0.200. The Morgan fingerprint density at radius 1 is 0.893 bits per heavy atom. The Labute approximate surface area is 329 Å². The summed E-state index contributed by atoms with van der Waals surface area (Å²) < 4.78 is 124.